The lowest BCUT2D eigenvalue weighted by molar-refractivity contribution is 0.324. The van der Waals surface area contributed by atoms with Gasteiger partial charge in [-0.2, -0.15) is 0 Å². The molecule has 2 aromatic heterocycles. The summed E-state index contributed by atoms with van der Waals surface area (Å²) in [6.07, 6.45) is 0. The van der Waals surface area contributed by atoms with Gasteiger partial charge in [0.15, 0.2) is 11.5 Å². The summed E-state index contributed by atoms with van der Waals surface area (Å²) in [5.74, 6) is 1.32. The smallest absolute Gasteiger partial charge is 0.303 e. The van der Waals surface area contributed by atoms with Crippen LogP contribution in [-0.4, -0.2) is 49.4 Å². The molecule has 0 unspecified atom stereocenters. The van der Waals surface area contributed by atoms with E-state index in [2.05, 4.69) is 23.7 Å². The van der Waals surface area contributed by atoms with Gasteiger partial charge in [0, 0.05) is 32.0 Å². The van der Waals surface area contributed by atoms with Crippen LogP contribution in [-0.2, 0) is 14.1 Å². The van der Waals surface area contributed by atoms with Crippen LogP contribution in [0, 0.1) is 6.92 Å². The Morgan fingerprint density at radius 3 is 2.28 bits per heavy atom. The van der Waals surface area contributed by atoms with Gasteiger partial charge in [0.05, 0.1) is 0 Å². The maximum absolute atomic E-state index is 12.9. The molecule has 0 fully saturated rings. The van der Waals surface area contributed by atoms with Crippen LogP contribution in [0.4, 0.5) is 0 Å². The molecule has 0 aliphatic carbocycles. The average Bonchev–Trinajstić information content (AvgIpc) is 2.73. The van der Waals surface area contributed by atoms with E-state index in [9.17, 15) is 9.59 Å². The van der Waals surface area contributed by atoms with Crippen LogP contribution >= 0.6 is 11.8 Å². The molecule has 3 aromatic rings. The lowest BCUT2D eigenvalue weighted by atomic mass is 10.1. The van der Waals surface area contributed by atoms with E-state index >= 15 is 0 Å². The predicted molar refractivity (Wildman–Crippen MR) is 119 cm³/mol. The molecule has 0 saturated carbocycles. The third kappa shape index (κ3) is 4.28. The maximum Gasteiger partial charge on any atom is 0.332 e. The van der Waals surface area contributed by atoms with Crippen LogP contribution in [0.3, 0.4) is 0 Å². The zero-order valence-corrected chi connectivity index (χ0v) is 18.4. The molecule has 0 aliphatic rings. The van der Waals surface area contributed by atoms with Gasteiger partial charge in [-0.25, -0.2) is 14.8 Å². The highest BCUT2D eigenvalue weighted by molar-refractivity contribution is 7.99. The minimum Gasteiger partial charge on any atom is -0.303 e. The van der Waals surface area contributed by atoms with Crippen molar-refractivity contribution in [1.29, 1.82) is 0 Å². The van der Waals surface area contributed by atoms with Crippen molar-refractivity contribution in [2.45, 2.75) is 25.8 Å². The first kappa shape index (κ1) is 21.3. The Bertz CT molecular complexity index is 1130. The van der Waals surface area contributed by atoms with Crippen LogP contribution in [0.5, 0.6) is 0 Å². The van der Waals surface area contributed by atoms with Crippen molar-refractivity contribution in [3.8, 4) is 11.4 Å². The molecule has 0 bridgehead atoms. The number of thioether (sulfide) groups is 1. The van der Waals surface area contributed by atoms with Crippen molar-refractivity contribution in [3.05, 3.63) is 50.7 Å². The number of rotatable bonds is 7. The van der Waals surface area contributed by atoms with Gasteiger partial charge in [-0.1, -0.05) is 43.7 Å². The van der Waals surface area contributed by atoms with Gasteiger partial charge in [-0.15, -0.1) is 11.8 Å². The number of fused-ring (bicyclic) bond motifs is 1. The van der Waals surface area contributed by atoms with E-state index in [1.165, 1.54) is 23.4 Å². The summed E-state index contributed by atoms with van der Waals surface area (Å²) < 4.78 is 2.54. The lowest BCUT2D eigenvalue weighted by Crippen LogP contribution is -2.37. The molecule has 0 amide bonds. The van der Waals surface area contributed by atoms with Crippen molar-refractivity contribution < 1.29 is 0 Å². The van der Waals surface area contributed by atoms with Crippen molar-refractivity contribution in [1.82, 2.24) is 24.0 Å². The van der Waals surface area contributed by atoms with E-state index < -0.39 is 5.69 Å². The van der Waals surface area contributed by atoms with Gasteiger partial charge >= 0.3 is 5.69 Å². The lowest BCUT2D eigenvalue weighted by Gasteiger charge is -2.17. The van der Waals surface area contributed by atoms with E-state index in [1.54, 1.807) is 7.05 Å². The van der Waals surface area contributed by atoms with Gasteiger partial charge in [0.25, 0.3) is 5.56 Å². The van der Waals surface area contributed by atoms with Crippen LogP contribution in [0.25, 0.3) is 22.4 Å². The molecule has 0 aliphatic heterocycles. The monoisotopic (exact) mass is 413 g/mol. The van der Waals surface area contributed by atoms with Crippen LogP contribution in [0.1, 0.15) is 19.4 Å². The van der Waals surface area contributed by atoms with Gasteiger partial charge in [0.2, 0.25) is 0 Å². The maximum atomic E-state index is 12.9. The number of hydrogen-bond acceptors (Lipinski definition) is 6. The van der Waals surface area contributed by atoms with Crippen molar-refractivity contribution in [2.24, 2.45) is 14.1 Å². The second kappa shape index (κ2) is 8.92. The molecule has 0 saturated heterocycles. The fourth-order valence-electron chi connectivity index (χ4n) is 3.18. The van der Waals surface area contributed by atoms with E-state index in [4.69, 9.17) is 4.98 Å². The highest BCUT2D eigenvalue weighted by atomic mass is 32.2. The fraction of sp³-hybridized carbons (Fsp3) is 0.429. The highest BCUT2D eigenvalue weighted by Gasteiger charge is 2.18. The summed E-state index contributed by atoms with van der Waals surface area (Å²) in [7, 11) is 3.13. The summed E-state index contributed by atoms with van der Waals surface area (Å²) in [5.41, 5.74) is 1.62. The van der Waals surface area contributed by atoms with Crippen LogP contribution in [0.2, 0.25) is 0 Å². The fourth-order valence-corrected chi connectivity index (χ4v) is 4.19. The van der Waals surface area contributed by atoms with E-state index in [-0.39, 0.29) is 5.56 Å². The molecule has 0 atom stereocenters. The minimum absolute atomic E-state index is 0.358. The van der Waals surface area contributed by atoms with Gasteiger partial charge < -0.3 is 4.90 Å². The summed E-state index contributed by atoms with van der Waals surface area (Å²) in [6, 6.07) is 7.91. The average molecular weight is 414 g/mol. The molecule has 7 nitrogen and oxygen atoms in total. The Labute approximate surface area is 174 Å². The number of aryl methyl sites for hydroxylation is 2. The normalized spacial score (nSPS) is 11.5. The Balaban J connectivity index is 2.16. The standard InChI is InChI=1S/C21H27N5O2S/c1-6-26(7-2)12-13-29-19-16-18(24(4)21(28)25(5)20(16)27)22-17(23-19)15-10-8-14(3)9-11-15/h8-11H,6-7,12-13H2,1-5H3. The molecule has 3 rings (SSSR count). The Morgan fingerprint density at radius 2 is 1.66 bits per heavy atom. The molecule has 0 spiro atoms. The Hall–Kier alpha value is -2.45. The van der Waals surface area contributed by atoms with Gasteiger partial charge in [-0.3, -0.25) is 13.9 Å². The SMILES string of the molecule is CCN(CC)CCSc1nc(-c2ccc(C)cc2)nc2c1c(=O)n(C)c(=O)n2C. The topological polar surface area (TPSA) is 73.0 Å². The third-order valence-electron chi connectivity index (χ3n) is 5.12. The summed E-state index contributed by atoms with van der Waals surface area (Å²) in [4.78, 5) is 36.9. The second-order valence-electron chi connectivity index (χ2n) is 7.00. The molecule has 8 heteroatoms. The van der Waals surface area contributed by atoms with Gasteiger partial charge in [0.1, 0.15) is 10.4 Å². The first-order chi connectivity index (χ1) is 13.9. The second-order valence-corrected chi connectivity index (χ2v) is 8.08. The van der Waals surface area contributed by atoms with Crippen LogP contribution in [0.15, 0.2) is 38.9 Å². The molecule has 29 heavy (non-hydrogen) atoms. The van der Waals surface area contributed by atoms with E-state index in [0.717, 1.165) is 41.1 Å². The third-order valence-corrected chi connectivity index (χ3v) is 6.07. The minimum atomic E-state index is -0.393. The zero-order valence-electron chi connectivity index (χ0n) is 17.6. The highest BCUT2D eigenvalue weighted by Crippen LogP contribution is 2.26. The van der Waals surface area contributed by atoms with Crippen molar-refractivity contribution >= 4 is 22.8 Å². The molecule has 1 aromatic carbocycles. The predicted octanol–water partition coefficient (Wildman–Crippen LogP) is 2.44. The van der Waals surface area contributed by atoms with Crippen molar-refractivity contribution in [2.75, 3.05) is 25.4 Å². The number of benzene rings is 1. The summed E-state index contributed by atoms with van der Waals surface area (Å²) in [6.45, 7) is 9.14. The van der Waals surface area contributed by atoms with Gasteiger partial charge in [-0.05, 0) is 20.0 Å². The summed E-state index contributed by atoms with van der Waals surface area (Å²) >= 11 is 1.54. The van der Waals surface area contributed by atoms with Crippen molar-refractivity contribution in [3.63, 3.8) is 0 Å². The first-order valence-electron chi connectivity index (χ1n) is 9.77. The quantitative estimate of drug-likeness (QED) is 0.438. The Kier molecular flexibility index (Phi) is 6.54. The van der Waals surface area contributed by atoms with E-state index in [1.807, 2.05) is 31.2 Å². The summed E-state index contributed by atoms with van der Waals surface area (Å²) in [5, 5.41) is 1.02. The molecule has 0 radical (unpaired) electrons. The number of aromatic nitrogens is 4. The molecule has 154 valence electrons. The zero-order chi connectivity index (χ0) is 21.1. The van der Waals surface area contributed by atoms with Crippen LogP contribution < -0.4 is 11.2 Å². The molecule has 0 N–H and O–H groups in total. The first-order valence-corrected chi connectivity index (χ1v) is 10.8. The number of nitrogens with zero attached hydrogens (tertiary/aromatic N) is 5. The number of hydrogen-bond donors (Lipinski definition) is 0. The molecular formula is C21H27N5O2S. The molecular weight excluding hydrogens is 386 g/mol. The largest absolute Gasteiger partial charge is 0.332 e. The van der Waals surface area contributed by atoms with E-state index in [0.29, 0.717) is 21.9 Å². The molecule has 2 heterocycles. The Morgan fingerprint density at radius 1 is 1.00 bits per heavy atom.